The normalized spacial score (nSPS) is 9.90. The minimum absolute atomic E-state index is 0.169. The molecule has 1 rings (SSSR count). The van der Waals surface area contributed by atoms with Crippen LogP contribution in [0.3, 0.4) is 0 Å². The summed E-state index contributed by atoms with van der Waals surface area (Å²) < 4.78 is 1.88. The van der Waals surface area contributed by atoms with Crippen molar-refractivity contribution in [3.05, 3.63) is 32.7 Å². The lowest BCUT2D eigenvalue weighted by Gasteiger charge is -1.96. The third kappa shape index (κ3) is 2.08. The van der Waals surface area contributed by atoms with Gasteiger partial charge in [-0.25, -0.2) is 5.11 Å². The van der Waals surface area contributed by atoms with Crippen LogP contribution in [0, 0.1) is 0 Å². The van der Waals surface area contributed by atoms with E-state index in [-0.39, 0.29) is 6.61 Å². The molecule has 3 heteroatoms. The van der Waals surface area contributed by atoms with Gasteiger partial charge in [-0.3, -0.25) is 0 Å². The van der Waals surface area contributed by atoms with Crippen molar-refractivity contribution in [2.24, 2.45) is 0 Å². The predicted octanol–water partition coefficient (Wildman–Crippen LogP) is 3.14. The van der Waals surface area contributed by atoms with Crippen LogP contribution in [-0.2, 0) is 11.7 Å². The minimum Gasteiger partial charge on any atom is -0.232 e. The first-order chi connectivity index (χ1) is 4.72. The van der Waals surface area contributed by atoms with Crippen LogP contribution in [0.4, 0.5) is 0 Å². The second-order valence-corrected chi connectivity index (χ2v) is 3.75. The molecule has 1 nitrogen and oxygen atoms in total. The van der Waals surface area contributed by atoms with Gasteiger partial charge in [0, 0.05) is 8.95 Å². The zero-order valence-corrected chi connectivity index (χ0v) is 8.28. The van der Waals surface area contributed by atoms with Crippen LogP contribution >= 0.6 is 31.9 Å². The maximum Gasteiger partial charge on any atom is 0.107 e. The van der Waals surface area contributed by atoms with Crippen molar-refractivity contribution >= 4 is 31.9 Å². The molecule has 10 heavy (non-hydrogen) atoms. The molecule has 0 unspecified atom stereocenters. The monoisotopic (exact) mass is 263 g/mol. The van der Waals surface area contributed by atoms with Gasteiger partial charge in [-0.05, 0) is 23.8 Å². The first-order valence-corrected chi connectivity index (χ1v) is 4.34. The Morgan fingerprint density at radius 3 is 2.00 bits per heavy atom. The van der Waals surface area contributed by atoms with Gasteiger partial charge >= 0.3 is 0 Å². The molecule has 1 radical (unpaired) electrons. The summed E-state index contributed by atoms with van der Waals surface area (Å²) in [4.78, 5) is 0. The Balaban J connectivity index is 3.06. The van der Waals surface area contributed by atoms with Gasteiger partial charge in [0.15, 0.2) is 0 Å². The SMILES string of the molecule is [O]Cc1cc(Br)cc(Br)c1. The quantitative estimate of drug-likeness (QED) is 0.743. The lowest BCUT2D eigenvalue weighted by molar-refractivity contribution is 0.177. The first-order valence-electron chi connectivity index (χ1n) is 2.75. The van der Waals surface area contributed by atoms with Gasteiger partial charge in [-0.15, -0.1) is 0 Å². The van der Waals surface area contributed by atoms with Gasteiger partial charge in [0.25, 0.3) is 0 Å². The molecule has 0 bridgehead atoms. The van der Waals surface area contributed by atoms with E-state index in [4.69, 9.17) is 0 Å². The van der Waals surface area contributed by atoms with E-state index in [1.54, 1.807) is 0 Å². The Labute approximate surface area is 76.3 Å². The summed E-state index contributed by atoms with van der Waals surface area (Å²) >= 11 is 6.57. The summed E-state index contributed by atoms with van der Waals surface area (Å²) in [6.45, 7) is -0.169. The average Bonchev–Trinajstić information content (AvgIpc) is 1.85. The molecule has 0 spiro atoms. The van der Waals surface area contributed by atoms with Gasteiger partial charge in [0.05, 0.1) is 0 Å². The zero-order chi connectivity index (χ0) is 7.56. The molecule has 0 atom stereocenters. The fourth-order valence-electron chi connectivity index (χ4n) is 0.694. The van der Waals surface area contributed by atoms with E-state index in [9.17, 15) is 5.11 Å². The molecule has 0 aliphatic rings. The number of benzene rings is 1. The summed E-state index contributed by atoms with van der Waals surface area (Å²) in [5, 5.41) is 10.4. The van der Waals surface area contributed by atoms with Crippen LogP contribution in [-0.4, -0.2) is 0 Å². The fraction of sp³-hybridized carbons (Fsp3) is 0.143. The summed E-state index contributed by atoms with van der Waals surface area (Å²) in [6, 6.07) is 5.54. The Bertz CT molecular complexity index is 215. The average molecular weight is 265 g/mol. The summed E-state index contributed by atoms with van der Waals surface area (Å²) in [7, 11) is 0. The molecule has 0 fully saturated rings. The van der Waals surface area contributed by atoms with Crippen LogP contribution in [0.5, 0.6) is 0 Å². The fourth-order valence-corrected chi connectivity index (χ4v) is 2.08. The highest BCUT2D eigenvalue weighted by atomic mass is 79.9. The molecule has 1 aromatic rings. The molecule has 0 amide bonds. The third-order valence-electron chi connectivity index (χ3n) is 1.09. The Morgan fingerprint density at radius 2 is 1.60 bits per heavy atom. The third-order valence-corrected chi connectivity index (χ3v) is 2.00. The highest BCUT2D eigenvalue weighted by Crippen LogP contribution is 2.19. The van der Waals surface area contributed by atoms with Gasteiger partial charge in [-0.2, -0.15) is 0 Å². The van der Waals surface area contributed by atoms with Crippen molar-refractivity contribution < 1.29 is 5.11 Å². The van der Waals surface area contributed by atoms with Gasteiger partial charge in [0.2, 0.25) is 0 Å². The summed E-state index contributed by atoms with van der Waals surface area (Å²) in [5.74, 6) is 0. The Hall–Kier alpha value is 0.140. The molecule has 1 aromatic carbocycles. The molecule has 0 aliphatic carbocycles. The molecular formula is C7H5Br2O. The summed E-state index contributed by atoms with van der Waals surface area (Å²) in [5.41, 5.74) is 0.793. The number of halogens is 2. The van der Waals surface area contributed by atoms with Crippen molar-refractivity contribution in [2.45, 2.75) is 6.61 Å². The molecule has 0 saturated carbocycles. The van der Waals surface area contributed by atoms with Crippen LogP contribution in [0.1, 0.15) is 5.56 Å². The smallest absolute Gasteiger partial charge is 0.107 e. The van der Waals surface area contributed by atoms with Crippen molar-refractivity contribution in [3.8, 4) is 0 Å². The molecular weight excluding hydrogens is 260 g/mol. The Kier molecular flexibility index (Phi) is 2.89. The molecule has 0 aliphatic heterocycles. The van der Waals surface area contributed by atoms with E-state index in [1.807, 2.05) is 18.2 Å². The highest BCUT2D eigenvalue weighted by Gasteiger charge is 1.95. The van der Waals surface area contributed by atoms with E-state index in [2.05, 4.69) is 31.9 Å². The van der Waals surface area contributed by atoms with Gasteiger partial charge in [-0.1, -0.05) is 31.9 Å². The minimum atomic E-state index is -0.169. The first kappa shape index (κ1) is 8.24. The topological polar surface area (TPSA) is 19.9 Å². The number of hydrogen-bond donors (Lipinski definition) is 0. The van der Waals surface area contributed by atoms with Crippen LogP contribution in [0.25, 0.3) is 0 Å². The second-order valence-electron chi connectivity index (χ2n) is 1.92. The van der Waals surface area contributed by atoms with Crippen molar-refractivity contribution in [3.63, 3.8) is 0 Å². The van der Waals surface area contributed by atoms with Crippen LogP contribution < -0.4 is 0 Å². The Morgan fingerprint density at radius 1 is 1.10 bits per heavy atom. The van der Waals surface area contributed by atoms with E-state index < -0.39 is 0 Å². The van der Waals surface area contributed by atoms with E-state index in [1.165, 1.54) is 0 Å². The maximum absolute atomic E-state index is 10.4. The second kappa shape index (κ2) is 3.51. The lowest BCUT2D eigenvalue weighted by atomic mass is 10.2. The lowest BCUT2D eigenvalue weighted by Crippen LogP contribution is -1.80. The van der Waals surface area contributed by atoms with Gasteiger partial charge in [0.1, 0.15) is 6.61 Å². The van der Waals surface area contributed by atoms with Crippen molar-refractivity contribution in [1.29, 1.82) is 0 Å². The highest BCUT2D eigenvalue weighted by molar-refractivity contribution is 9.11. The van der Waals surface area contributed by atoms with E-state index in [0.29, 0.717) is 0 Å². The van der Waals surface area contributed by atoms with Gasteiger partial charge < -0.3 is 0 Å². The zero-order valence-electron chi connectivity index (χ0n) is 5.10. The number of hydrogen-bond acceptors (Lipinski definition) is 0. The standard InChI is InChI=1S/C7H5Br2O/c8-6-1-5(4-10)2-7(9)3-6/h1-3H,4H2. The summed E-state index contributed by atoms with van der Waals surface area (Å²) in [6.07, 6.45) is 0. The molecule has 0 heterocycles. The van der Waals surface area contributed by atoms with E-state index >= 15 is 0 Å². The van der Waals surface area contributed by atoms with Crippen LogP contribution in [0.15, 0.2) is 27.1 Å². The largest absolute Gasteiger partial charge is 0.232 e. The molecule has 0 saturated heterocycles. The van der Waals surface area contributed by atoms with Crippen molar-refractivity contribution in [1.82, 2.24) is 0 Å². The maximum atomic E-state index is 10.4. The molecule has 53 valence electrons. The molecule has 0 N–H and O–H groups in total. The van der Waals surface area contributed by atoms with Crippen molar-refractivity contribution in [2.75, 3.05) is 0 Å². The number of rotatable bonds is 1. The predicted molar refractivity (Wildman–Crippen MR) is 46.2 cm³/mol. The molecule has 0 aromatic heterocycles. The van der Waals surface area contributed by atoms with Crippen LogP contribution in [0.2, 0.25) is 0 Å². The van der Waals surface area contributed by atoms with E-state index in [0.717, 1.165) is 14.5 Å².